The average Bonchev–Trinajstić information content (AvgIpc) is 3.62. The molecule has 11 nitrogen and oxygen atoms in total. The molecule has 1 amide bonds. The summed E-state index contributed by atoms with van der Waals surface area (Å²) < 4.78 is 14.4. The number of aromatic nitrogens is 6. The number of hydrogen-bond acceptors (Lipinski definition) is 8. The third-order valence-electron chi connectivity index (χ3n) is 6.10. The summed E-state index contributed by atoms with van der Waals surface area (Å²) in [5.41, 5.74) is 3.96. The quantitative estimate of drug-likeness (QED) is 0.405. The van der Waals surface area contributed by atoms with Crippen molar-refractivity contribution < 1.29 is 14.3 Å². The van der Waals surface area contributed by atoms with Gasteiger partial charge in [-0.3, -0.25) is 9.25 Å². The third kappa shape index (κ3) is 5.72. The molecule has 1 aromatic carbocycles. The Morgan fingerprint density at radius 3 is 2.70 bits per heavy atom. The first-order valence-corrected chi connectivity index (χ1v) is 12.4. The maximum absolute atomic E-state index is 12.4. The molecule has 0 radical (unpaired) electrons. The minimum absolute atomic E-state index is 0.0467. The minimum Gasteiger partial charge on any atom is -0.444 e. The van der Waals surface area contributed by atoms with Gasteiger partial charge in [0, 0.05) is 43.7 Å². The highest BCUT2D eigenvalue weighted by Crippen LogP contribution is 2.23. The van der Waals surface area contributed by atoms with Gasteiger partial charge in [0.15, 0.2) is 5.65 Å². The second kappa shape index (κ2) is 10.2. The van der Waals surface area contributed by atoms with Crippen molar-refractivity contribution in [3.05, 3.63) is 49.2 Å². The normalized spacial score (nSPS) is 15.9. The van der Waals surface area contributed by atoms with Gasteiger partial charge in [-0.05, 0) is 44.9 Å². The third-order valence-corrected chi connectivity index (χ3v) is 6.10. The Morgan fingerprint density at radius 1 is 1.14 bits per heavy atom. The van der Waals surface area contributed by atoms with E-state index >= 15 is 0 Å². The monoisotopic (exact) mass is 504 g/mol. The zero-order chi connectivity index (χ0) is 26.0. The van der Waals surface area contributed by atoms with Crippen LogP contribution in [-0.4, -0.2) is 78.7 Å². The molecule has 0 unspecified atom stereocenters. The molecular formula is C26H32N8O3. The lowest BCUT2D eigenvalue weighted by Gasteiger charge is -2.24. The van der Waals surface area contributed by atoms with Crippen molar-refractivity contribution in [2.45, 2.75) is 45.4 Å². The van der Waals surface area contributed by atoms with Crippen LogP contribution in [0.25, 0.3) is 28.0 Å². The van der Waals surface area contributed by atoms with E-state index in [-0.39, 0.29) is 12.1 Å². The van der Waals surface area contributed by atoms with Crippen LogP contribution >= 0.6 is 0 Å². The SMILES string of the molecule is COCCn1cc(-c2ccc(-n3cnc4cnc(N[C@@H]5CCN(C(=O)OC(C)(C)C)C5)nc43)cc2)cn1. The van der Waals surface area contributed by atoms with Crippen molar-refractivity contribution in [2.24, 2.45) is 0 Å². The van der Waals surface area contributed by atoms with Crippen LogP contribution in [0.3, 0.4) is 0 Å². The van der Waals surface area contributed by atoms with Crippen molar-refractivity contribution >= 4 is 23.2 Å². The van der Waals surface area contributed by atoms with E-state index < -0.39 is 5.60 Å². The van der Waals surface area contributed by atoms with Gasteiger partial charge >= 0.3 is 6.09 Å². The van der Waals surface area contributed by atoms with Gasteiger partial charge in [0.1, 0.15) is 17.4 Å². The largest absolute Gasteiger partial charge is 0.444 e. The maximum Gasteiger partial charge on any atom is 0.410 e. The van der Waals surface area contributed by atoms with Crippen LogP contribution in [0.15, 0.2) is 49.2 Å². The highest BCUT2D eigenvalue weighted by atomic mass is 16.6. The van der Waals surface area contributed by atoms with Gasteiger partial charge in [0.25, 0.3) is 0 Å². The number of likely N-dealkylation sites (tertiary alicyclic amines) is 1. The second-order valence-corrected chi connectivity index (χ2v) is 10.1. The molecule has 5 rings (SSSR count). The number of nitrogens with one attached hydrogen (secondary N) is 1. The number of hydrogen-bond donors (Lipinski definition) is 1. The number of rotatable bonds is 7. The molecule has 4 heterocycles. The van der Waals surface area contributed by atoms with Crippen LogP contribution in [0.2, 0.25) is 0 Å². The minimum atomic E-state index is -0.514. The summed E-state index contributed by atoms with van der Waals surface area (Å²) in [5, 5.41) is 7.76. The van der Waals surface area contributed by atoms with Gasteiger partial charge in [0.05, 0.1) is 25.5 Å². The molecule has 11 heteroatoms. The molecule has 0 saturated carbocycles. The summed E-state index contributed by atoms with van der Waals surface area (Å²) in [6.45, 7) is 8.11. The van der Waals surface area contributed by atoms with Gasteiger partial charge in [-0.25, -0.2) is 14.8 Å². The number of nitrogens with zero attached hydrogens (tertiary/aromatic N) is 7. The summed E-state index contributed by atoms with van der Waals surface area (Å²) in [5.74, 6) is 0.505. The van der Waals surface area contributed by atoms with E-state index in [9.17, 15) is 4.79 Å². The number of carbonyl (C=O) groups is 1. The Bertz CT molecular complexity index is 1370. The highest BCUT2D eigenvalue weighted by molar-refractivity contribution is 5.74. The first kappa shape index (κ1) is 24.7. The van der Waals surface area contributed by atoms with E-state index in [1.54, 1.807) is 24.5 Å². The van der Waals surface area contributed by atoms with E-state index in [1.807, 2.05) is 54.5 Å². The number of ether oxygens (including phenoxy) is 2. The lowest BCUT2D eigenvalue weighted by atomic mass is 10.1. The first-order valence-electron chi connectivity index (χ1n) is 12.4. The molecule has 0 bridgehead atoms. The molecule has 1 atom stereocenters. The Kier molecular flexibility index (Phi) is 6.79. The fourth-order valence-corrected chi connectivity index (χ4v) is 4.26. The van der Waals surface area contributed by atoms with E-state index in [0.29, 0.717) is 43.4 Å². The molecule has 3 aromatic heterocycles. The molecular weight excluding hydrogens is 472 g/mol. The summed E-state index contributed by atoms with van der Waals surface area (Å²) in [7, 11) is 1.68. The fourth-order valence-electron chi connectivity index (χ4n) is 4.26. The summed E-state index contributed by atoms with van der Waals surface area (Å²) in [4.78, 5) is 27.7. The molecule has 1 N–H and O–H groups in total. The number of methoxy groups -OCH3 is 1. The van der Waals surface area contributed by atoms with Crippen LogP contribution in [0.5, 0.6) is 0 Å². The highest BCUT2D eigenvalue weighted by Gasteiger charge is 2.30. The standard InChI is InChI=1S/C26H32N8O3/c1-26(2,3)37-25(35)32-10-9-20(16-32)30-24-27-14-22-23(31-24)34(17-28-22)21-7-5-18(6-8-21)19-13-29-33(15-19)11-12-36-4/h5-8,13-15,17,20H,9-12,16H2,1-4H3,(H,27,30,31)/t20-/m1/s1. The van der Waals surface area contributed by atoms with Crippen LogP contribution in [-0.2, 0) is 16.0 Å². The van der Waals surface area contributed by atoms with Crippen molar-refractivity contribution in [1.29, 1.82) is 0 Å². The van der Waals surface area contributed by atoms with Crippen molar-refractivity contribution in [2.75, 3.05) is 32.1 Å². The van der Waals surface area contributed by atoms with Crippen LogP contribution < -0.4 is 5.32 Å². The Labute approximate surface area is 215 Å². The number of carbonyl (C=O) groups excluding carboxylic acids is 1. The van der Waals surface area contributed by atoms with E-state index in [0.717, 1.165) is 23.2 Å². The van der Waals surface area contributed by atoms with E-state index in [4.69, 9.17) is 14.5 Å². The number of imidazole rings is 1. The average molecular weight is 505 g/mol. The lowest BCUT2D eigenvalue weighted by Crippen LogP contribution is -2.36. The van der Waals surface area contributed by atoms with Crippen LogP contribution in [0.1, 0.15) is 27.2 Å². The zero-order valence-electron chi connectivity index (χ0n) is 21.6. The summed E-state index contributed by atoms with van der Waals surface area (Å²) in [6.07, 6.45) is 7.83. The molecule has 1 saturated heterocycles. The Morgan fingerprint density at radius 2 is 1.95 bits per heavy atom. The fraction of sp³-hybridized carbons (Fsp3) is 0.423. The predicted octanol–water partition coefficient (Wildman–Crippen LogP) is 3.75. The lowest BCUT2D eigenvalue weighted by molar-refractivity contribution is 0.0293. The van der Waals surface area contributed by atoms with Gasteiger partial charge in [-0.1, -0.05) is 12.1 Å². The Balaban J connectivity index is 1.28. The molecule has 1 aliphatic heterocycles. The number of benzene rings is 1. The second-order valence-electron chi connectivity index (χ2n) is 10.1. The van der Waals surface area contributed by atoms with Gasteiger partial charge < -0.3 is 19.7 Å². The van der Waals surface area contributed by atoms with Crippen LogP contribution in [0.4, 0.5) is 10.7 Å². The molecule has 1 aliphatic rings. The zero-order valence-corrected chi connectivity index (χ0v) is 21.6. The van der Waals surface area contributed by atoms with E-state index in [2.05, 4.69) is 32.5 Å². The number of amides is 1. The van der Waals surface area contributed by atoms with Crippen molar-refractivity contribution in [3.63, 3.8) is 0 Å². The molecule has 37 heavy (non-hydrogen) atoms. The number of anilines is 1. The molecule has 1 fully saturated rings. The topological polar surface area (TPSA) is 112 Å². The van der Waals surface area contributed by atoms with Crippen LogP contribution in [0, 0.1) is 0 Å². The molecule has 0 aliphatic carbocycles. The summed E-state index contributed by atoms with van der Waals surface area (Å²) >= 11 is 0. The number of fused-ring (bicyclic) bond motifs is 1. The predicted molar refractivity (Wildman–Crippen MR) is 140 cm³/mol. The molecule has 4 aromatic rings. The van der Waals surface area contributed by atoms with E-state index in [1.165, 1.54) is 0 Å². The Hall–Kier alpha value is -3.99. The van der Waals surface area contributed by atoms with Gasteiger partial charge in [-0.2, -0.15) is 10.1 Å². The van der Waals surface area contributed by atoms with Crippen molar-refractivity contribution in [3.8, 4) is 16.8 Å². The maximum atomic E-state index is 12.4. The molecule has 194 valence electrons. The van der Waals surface area contributed by atoms with Gasteiger partial charge in [-0.15, -0.1) is 0 Å². The van der Waals surface area contributed by atoms with Crippen molar-refractivity contribution in [1.82, 2.24) is 34.2 Å². The summed E-state index contributed by atoms with van der Waals surface area (Å²) in [6, 6.07) is 8.23. The first-order chi connectivity index (χ1) is 17.8. The van der Waals surface area contributed by atoms with Gasteiger partial charge in [0.2, 0.25) is 5.95 Å². The molecule has 0 spiro atoms. The smallest absolute Gasteiger partial charge is 0.410 e.